The monoisotopic (exact) mass is 378 g/mol. The lowest BCUT2D eigenvalue weighted by Crippen LogP contribution is -2.36. The van der Waals surface area contributed by atoms with Crippen LogP contribution < -0.4 is 16.0 Å². The minimum atomic E-state index is -0.978. The summed E-state index contributed by atoms with van der Waals surface area (Å²) in [5.74, 6) is -0.473. The van der Waals surface area contributed by atoms with Crippen molar-refractivity contribution in [3.63, 3.8) is 0 Å². The van der Waals surface area contributed by atoms with Gasteiger partial charge in [0.05, 0.1) is 23.0 Å². The molecule has 3 N–H and O–H groups in total. The van der Waals surface area contributed by atoms with Gasteiger partial charge in [-0.2, -0.15) is 0 Å². The van der Waals surface area contributed by atoms with Crippen LogP contribution in [0.25, 0.3) is 16.6 Å². The maximum atomic E-state index is 11.6. The minimum absolute atomic E-state index is 0.221. The number of hydrazine groups is 2. The van der Waals surface area contributed by atoms with Crippen LogP contribution in [0.1, 0.15) is 43.6 Å². The number of carboxylic acids is 1. The van der Waals surface area contributed by atoms with Crippen molar-refractivity contribution >= 4 is 28.4 Å². The fourth-order valence-corrected chi connectivity index (χ4v) is 2.66. The molecule has 1 aliphatic rings. The second-order valence-electron chi connectivity index (χ2n) is 5.37. The number of hydrogen-bond donors (Lipinski definition) is 3. The highest BCUT2D eigenvalue weighted by atomic mass is 16.4. The van der Waals surface area contributed by atoms with E-state index in [0.29, 0.717) is 16.7 Å². The van der Waals surface area contributed by atoms with Gasteiger partial charge in [-0.05, 0) is 12.1 Å². The number of carbonyl (C=O) groups is 1. The largest absolute Gasteiger partial charge is 0.478 e. The lowest BCUT2D eigenvalue weighted by atomic mass is 10.1. The maximum Gasteiger partial charge on any atom is 0.336 e. The van der Waals surface area contributed by atoms with Crippen LogP contribution in [0.15, 0.2) is 66.9 Å². The van der Waals surface area contributed by atoms with Crippen LogP contribution in [0.5, 0.6) is 0 Å². The second kappa shape index (κ2) is 10.1. The third kappa shape index (κ3) is 4.47. The van der Waals surface area contributed by atoms with Crippen molar-refractivity contribution < 1.29 is 9.90 Å². The van der Waals surface area contributed by atoms with Gasteiger partial charge in [-0.3, -0.25) is 0 Å². The van der Waals surface area contributed by atoms with Crippen molar-refractivity contribution in [2.24, 2.45) is 0 Å². The number of anilines is 1. The number of rotatable bonds is 3. The third-order valence-electron chi connectivity index (χ3n) is 3.83. The first-order valence-corrected chi connectivity index (χ1v) is 9.43. The van der Waals surface area contributed by atoms with E-state index in [1.54, 1.807) is 29.3 Å². The first-order valence-electron chi connectivity index (χ1n) is 9.43. The van der Waals surface area contributed by atoms with Crippen LogP contribution in [-0.4, -0.2) is 16.1 Å². The predicted molar refractivity (Wildman–Crippen MR) is 115 cm³/mol. The first-order chi connectivity index (χ1) is 13.7. The second-order valence-corrected chi connectivity index (χ2v) is 5.37. The molecule has 4 rings (SSSR count). The Bertz CT molecular complexity index is 955. The van der Waals surface area contributed by atoms with E-state index in [1.807, 2.05) is 70.3 Å². The van der Waals surface area contributed by atoms with Crippen molar-refractivity contribution in [3.8, 4) is 0 Å². The highest BCUT2D eigenvalue weighted by molar-refractivity contribution is 6.03. The molecule has 0 spiro atoms. The molecule has 0 fully saturated rings. The molecule has 6 nitrogen and oxygen atoms in total. The Balaban J connectivity index is 0.000000660. The molecule has 1 aliphatic heterocycles. The fourth-order valence-electron chi connectivity index (χ4n) is 2.66. The van der Waals surface area contributed by atoms with Gasteiger partial charge < -0.3 is 10.5 Å². The van der Waals surface area contributed by atoms with E-state index in [0.717, 1.165) is 11.3 Å². The molecule has 3 aromatic rings. The molecule has 0 aliphatic carbocycles. The summed E-state index contributed by atoms with van der Waals surface area (Å²) < 4.78 is 0. The lowest BCUT2D eigenvalue weighted by Gasteiger charge is -2.15. The number of para-hydroxylation sites is 1. The van der Waals surface area contributed by atoms with Gasteiger partial charge in [0.2, 0.25) is 0 Å². The minimum Gasteiger partial charge on any atom is -0.478 e. The van der Waals surface area contributed by atoms with Crippen molar-refractivity contribution in [3.05, 3.63) is 78.0 Å². The van der Waals surface area contributed by atoms with E-state index in [1.165, 1.54) is 0 Å². The molecular formula is C22H26N4O2. The number of aromatic carboxylic acids is 1. The molecular weight excluding hydrogens is 352 g/mol. The van der Waals surface area contributed by atoms with Crippen LogP contribution in [0.3, 0.4) is 0 Å². The van der Waals surface area contributed by atoms with E-state index < -0.39 is 5.97 Å². The van der Waals surface area contributed by atoms with Gasteiger partial charge in [0.1, 0.15) is 5.82 Å². The highest BCUT2D eigenvalue weighted by Gasteiger charge is 2.18. The molecule has 0 atom stereocenters. The summed E-state index contributed by atoms with van der Waals surface area (Å²) in [5.41, 5.74) is 8.81. The summed E-state index contributed by atoms with van der Waals surface area (Å²) in [7, 11) is 0. The number of nitrogens with zero attached hydrogens (tertiary/aromatic N) is 2. The Morgan fingerprint density at radius 1 is 0.964 bits per heavy atom. The lowest BCUT2D eigenvalue weighted by molar-refractivity contribution is 0.0699. The number of aromatic nitrogens is 1. The Morgan fingerprint density at radius 3 is 2.29 bits per heavy atom. The number of pyridine rings is 1. The molecule has 6 heteroatoms. The van der Waals surface area contributed by atoms with E-state index in [9.17, 15) is 9.90 Å². The van der Waals surface area contributed by atoms with Crippen LogP contribution >= 0.6 is 0 Å². The summed E-state index contributed by atoms with van der Waals surface area (Å²) in [6.45, 7) is 8.00. The first kappa shape index (κ1) is 20.9. The van der Waals surface area contributed by atoms with E-state index >= 15 is 0 Å². The number of benzene rings is 2. The number of hydrogen-bond acceptors (Lipinski definition) is 5. The van der Waals surface area contributed by atoms with Gasteiger partial charge in [-0.15, -0.1) is 5.53 Å². The van der Waals surface area contributed by atoms with E-state index in [4.69, 9.17) is 0 Å². The van der Waals surface area contributed by atoms with Crippen LogP contribution in [0.4, 0.5) is 5.82 Å². The molecule has 146 valence electrons. The molecule has 0 bridgehead atoms. The number of nitrogens with one attached hydrogen (secondary N) is 2. The molecule has 0 saturated carbocycles. The zero-order chi connectivity index (χ0) is 20.5. The SMILES string of the molecule is CC.CC.O=C(O)c1cc(N2C=C(c3ccccc3)NN2)nc2ccccc12. The molecule has 2 heterocycles. The Labute approximate surface area is 165 Å². The molecule has 28 heavy (non-hydrogen) atoms. The Hall–Kier alpha value is -3.38. The normalized spacial score (nSPS) is 12.1. The van der Waals surface area contributed by atoms with Crippen LogP contribution in [0, 0.1) is 0 Å². The summed E-state index contributed by atoms with van der Waals surface area (Å²) in [5, 5.41) is 11.8. The summed E-state index contributed by atoms with van der Waals surface area (Å²) in [6.07, 6.45) is 1.85. The van der Waals surface area contributed by atoms with Crippen molar-refractivity contribution in [2.45, 2.75) is 27.7 Å². The smallest absolute Gasteiger partial charge is 0.336 e. The average molecular weight is 378 g/mol. The van der Waals surface area contributed by atoms with Crippen molar-refractivity contribution in [1.82, 2.24) is 15.9 Å². The van der Waals surface area contributed by atoms with E-state index in [-0.39, 0.29) is 5.56 Å². The predicted octanol–water partition coefficient (Wildman–Crippen LogP) is 4.81. The van der Waals surface area contributed by atoms with Gasteiger partial charge in [0.25, 0.3) is 0 Å². The quantitative estimate of drug-likeness (QED) is 0.607. The standard InChI is InChI=1S/C18H14N4O2.2C2H6/c23-18(24)14-10-17(19-15-9-5-4-8-13(14)15)22-11-16(20-21-22)12-6-2-1-3-7-12;2*1-2/h1-11,20-21H,(H,23,24);2*1-2H3. The molecule has 0 saturated heterocycles. The van der Waals surface area contributed by atoms with Gasteiger partial charge >= 0.3 is 5.97 Å². The third-order valence-corrected chi connectivity index (χ3v) is 3.83. The number of fused-ring (bicyclic) bond motifs is 1. The zero-order valence-corrected chi connectivity index (χ0v) is 16.6. The highest BCUT2D eigenvalue weighted by Crippen LogP contribution is 2.25. The van der Waals surface area contributed by atoms with Crippen LogP contribution in [-0.2, 0) is 0 Å². The molecule has 2 aromatic carbocycles. The van der Waals surface area contributed by atoms with E-state index in [2.05, 4.69) is 15.9 Å². The van der Waals surface area contributed by atoms with Gasteiger partial charge in [-0.25, -0.2) is 14.8 Å². The van der Waals surface area contributed by atoms with Gasteiger partial charge in [-0.1, -0.05) is 76.2 Å². The Kier molecular flexibility index (Phi) is 7.54. The van der Waals surface area contributed by atoms with Crippen molar-refractivity contribution in [2.75, 3.05) is 5.01 Å². The van der Waals surface area contributed by atoms with Crippen molar-refractivity contribution in [1.29, 1.82) is 0 Å². The average Bonchev–Trinajstić information content (AvgIpc) is 3.27. The summed E-state index contributed by atoms with van der Waals surface area (Å²) in [6, 6.07) is 18.6. The molecule has 0 radical (unpaired) electrons. The zero-order valence-electron chi connectivity index (χ0n) is 16.6. The molecule has 1 aromatic heterocycles. The summed E-state index contributed by atoms with van der Waals surface area (Å²) in [4.78, 5) is 16.1. The molecule has 0 unspecified atom stereocenters. The Morgan fingerprint density at radius 2 is 1.61 bits per heavy atom. The van der Waals surface area contributed by atoms with Gasteiger partial charge in [0, 0.05) is 10.9 Å². The maximum absolute atomic E-state index is 11.6. The fraction of sp³-hybridized carbons (Fsp3) is 0.182. The molecule has 0 amide bonds. The van der Waals surface area contributed by atoms with Crippen LogP contribution in [0.2, 0.25) is 0 Å². The van der Waals surface area contributed by atoms with Gasteiger partial charge in [0.15, 0.2) is 0 Å². The topological polar surface area (TPSA) is 77.5 Å². The summed E-state index contributed by atoms with van der Waals surface area (Å²) >= 11 is 0. The number of carboxylic acid groups (broad SMARTS) is 1.